The van der Waals surface area contributed by atoms with E-state index in [1.165, 1.54) is 21.4 Å². The van der Waals surface area contributed by atoms with Gasteiger partial charge in [-0.3, -0.25) is 0 Å². The molecule has 3 aromatic rings. The van der Waals surface area contributed by atoms with Gasteiger partial charge in [0.25, 0.3) is 0 Å². The zero-order valence-corrected chi connectivity index (χ0v) is 15.7. The third-order valence-corrected chi connectivity index (χ3v) is 6.18. The first-order chi connectivity index (χ1) is 12.2. The van der Waals surface area contributed by atoms with E-state index < -0.39 is 0 Å². The van der Waals surface area contributed by atoms with Crippen molar-refractivity contribution < 1.29 is 0 Å². The summed E-state index contributed by atoms with van der Waals surface area (Å²) in [4.78, 5) is 7.43. The topological polar surface area (TPSA) is 42.2 Å². The summed E-state index contributed by atoms with van der Waals surface area (Å²) >= 11 is 1.81. The van der Waals surface area contributed by atoms with E-state index in [0.717, 1.165) is 36.5 Å². The second kappa shape index (κ2) is 6.77. The fourth-order valence-electron chi connectivity index (χ4n) is 3.79. The maximum absolute atomic E-state index is 6.11. The smallest absolute Gasteiger partial charge is 0.186 e. The second-order valence-corrected chi connectivity index (χ2v) is 8.04. The summed E-state index contributed by atoms with van der Waals surface area (Å²) in [5.41, 5.74) is 11.4. The molecule has 130 valence electrons. The Balaban J connectivity index is 1.70. The first-order valence-electron chi connectivity index (χ1n) is 9.15. The number of hydrogen-bond donors (Lipinski definition) is 1. The van der Waals surface area contributed by atoms with E-state index in [-0.39, 0.29) is 6.04 Å². The quantitative estimate of drug-likeness (QED) is 0.724. The number of benzene rings is 2. The lowest BCUT2D eigenvalue weighted by atomic mass is 10.1. The standard InChI is InChI=1S/C21H25N3S/c1-3-9-24(14(2)15-7-5-4-6-8-15)21-23-19-12-16-10-18(22)11-17(16)13-20(19)25-21/h4-8,12-14,18H,3,9-11,22H2,1-2H3. The molecule has 0 fully saturated rings. The molecule has 1 heterocycles. The normalized spacial score (nSPS) is 17.6. The number of hydrogen-bond acceptors (Lipinski definition) is 4. The molecule has 0 amide bonds. The molecule has 0 aliphatic heterocycles. The number of nitrogens with two attached hydrogens (primary N) is 1. The van der Waals surface area contributed by atoms with Crippen LogP contribution in [0.15, 0.2) is 42.5 Å². The fourth-order valence-corrected chi connectivity index (χ4v) is 4.91. The molecule has 1 aliphatic rings. The number of thiazole rings is 1. The van der Waals surface area contributed by atoms with Crippen LogP contribution in [0, 0.1) is 0 Å². The summed E-state index contributed by atoms with van der Waals surface area (Å²) in [6.45, 7) is 5.52. The molecule has 0 spiro atoms. The Hall–Kier alpha value is -1.91. The first kappa shape index (κ1) is 16.6. The zero-order valence-electron chi connectivity index (χ0n) is 14.9. The summed E-state index contributed by atoms with van der Waals surface area (Å²) in [7, 11) is 0. The van der Waals surface area contributed by atoms with Gasteiger partial charge in [0.1, 0.15) is 0 Å². The van der Waals surface area contributed by atoms with E-state index in [9.17, 15) is 0 Å². The molecule has 2 atom stereocenters. The highest BCUT2D eigenvalue weighted by atomic mass is 32.1. The summed E-state index contributed by atoms with van der Waals surface area (Å²) in [5.74, 6) is 0. The fraction of sp³-hybridized carbons (Fsp3) is 0.381. The van der Waals surface area contributed by atoms with Crippen molar-refractivity contribution in [2.75, 3.05) is 11.4 Å². The van der Waals surface area contributed by atoms with Gasteiger partial charge in [-0.15, -0.1) is 0 Å². The van der Waals surface area contributed by atoms with Gasteiger partial charge in [-0.25, -0.2) is 4.98 Å². The number of fused-ring (bicyclic) bond motifs is 2. The van der Waals surface area contributed by atoms with Crippen molar-refractivity contribution in [3.05, 3.63) is 59.2 Å². The van der Waals surface area contributed by atoms with Crippen LogP contribution in [-0.2, 0) is 12.8 Å². The van der Waals surface area contributed by atoms with Crippen LogP contribution in [0.5, 0.6) is 0 Å². The van der Waals surface area contributed by atoms with Crippen LogP contribution in [0.3, 0.4) is 0 Å². The molecule has 4 rings (SSSR count). The van der Waals surface area contributed by atoms with Crippen molar-refractivity contribution >= 4 is 26.7 Å². The van der Waals surface area contributed by atoms with E-state index in [1.54, 1.807) is 0 Å². The molecule has 1 aromatic heterocycles. The molecule has 2 N–H and O–H groups in total. The van der Waals surface area contributed by atoms with Crippen LogP contribution in [0.25, 0.3) is 10.2 Å². The summed E-state index contributed by atoms with van der Waals surface area (Å²) in [6, 6.07) is 15.9. The Morgan fingerprint density at radius 1 is 1.20 bits per heavy atom. The van der Waals surface area contributed by atoms with E-state index in [2.05, 4.69) is 61.2 Å². The Labute approximate surface area is 153 Å². The zero-order chi connectivity index (χ0) is 17.4. The van der Waals surface area contributed by atoms with Crippen molar-refractivity contribution in [2.24, 2.45) is 5.73 Å². The molecular formula is C21H25N3S. The molecule has 4 heteroatoms. The summed E-state index contributed by atoms with van der Waals surface area (Å²) in [6.07, 6.45) is 3.09. The van der Waals surface area contributed by atoms with Crippen molar-refractivity contribution in [3.63, 3.8) is 0 Å². The lowest BCUT2D eigenvalue weighted by Crippen LogP contribution is -2.27. The third kappa shape index (κ3) is 3.16. The maximum atomic E-state index is 6.11. The molecule has 1 aliphatic carbocycles. The van der Waals surface area contributed by atoms with E-state index in [1.807, 2.05) is 11.3 Å². The van der Waals surface area contributed by atoms with Gasteiger partial charge in [0.2, 0.25) is 0 Å². The Morgan fingerprint density at radius 3 is 2.64 bits per heavy atom. The monoisotopic (exact) mass is 351 g/mol. The lowest BCUT2D eigenvalue weighted by molar-refractivity contribution is 0.658. The van der Waals surface area contributed by atoms with Gasteiger partial charge in [-0.2, -0.15) is 0 Å². The highest BCUT2D eigenvalue weighted by Crippen LogP contribution is 2.36. The molecule has 2 unspecified atom stereocenters. The van der Waals surface area contributed by atoms with Crippen LogP contribution in [0.2, 0.25) is 0 Å². The molecule has 0 bridgehead atoms. The van der Waals surface area contributed by atoms with Crippen LogP contribution < -0.4 is 10.6 Å². The van der Waals surface area contributed by atoms with Crippen molar-refractivity contribution in [1.82, 2.24) is 4.98 Å². The molecule has 0 saturated heterocycles. The van der Waals surface area contributed by atoms with Gasteiger partial charge in [0, 0.05) is 12.6 Å². The van der Waals surface area contributed by atoms with Gasteiger partial charge in [0.15, 0.2) is 5.13 Å². The molecule has 2 aromatic carbocycles. The summed E-state index contributed by atoms with van der Waals surface area (Å²) in [5, 5.41) is 1.13. The van der Waals surface area contributed by atoms with E-state index >= 15 is 0 Å². The highest BCUT2D eigenvalue weighted by molar-refractivity contribution is 7.22. The SMILES string of the molecule is CCCN(c1nc2cc3c(cc2s1)CC(N)C3)C(C)c1ccccc1. The maximum Gasteiger partial charge on any atom is 0.186 e. The lowest BCUT2D eigenvalue weighted by Gasteiger charge is -2.28. The molecular weight excluding hydrogens is 326 g/mol. The van der Waals surface area contributed by atoms with Crippen LogP contribution in [0.4, 0.5) is 5.13 Å². The van der Waals surface area contributed by atoms with E-state index in [4.69, 9.17) is 10.7 Å². The summed E-state index contributed by atoms with van der Waals surface area (Å²) < 4.78 is 1.28. The molecule has 3 nitrogen and oxygen atoms in total. The van der Waals surface area contributed by atoms with Gasteiger partial charge >= 0.3 is 0 Å². The van der Waals surface area contributed by atoms with Crippen LogP contribution in [-0.4, -0.2) is 17.6 Å². The van der Waals surface area contributed by atoms with Crippen molar-refractivity contribution in [3.8, 4) is 0 Å². The van der Waals surface area contributed by atoms with Gasteiger partial charge in [-0.1, -0.05) is 48.6 Å². The highest BCUT2D eigenvalue weighted by Gasteiger charge is 2.22. The Kier molecular flexibility index (Phi) is 4.48. The predicted octanol–water partition coefficient (Wildman–Crippen LogP) is 4.70. The Morgan fingerprint density at radius 2 is 1.92 bits per heavy atom. The average molecular weight is 352 g/mol. The van der Waals surface area contributed by atoms with Crippen LogP contribution >= 0.6 is 11.3 Å². The van der Waals surface area contributed by atoms with Gasteiger partial charge < -0.3 is 10.6 Å². The van der Waals surface area contributed by atoms with Crippen molar-refractivity contribution in [2.45, 2.75) is 45.2 Å². The average Bonchev–Trinajstić information content (AvgIpc) is 3.18. The number of nitrogens with zero attached hydrogens (tertiary/aromatic N) is 2. The minimum Gasteiger partial charge on any atom is -0.341 e. The largest absolute Gasteiger partial charge is 0.341 e. The molecule has 0 radical (unpaired) electrons. The van der Waals surface area contributed by atoms with Gasteiger partial charge in [-0.05, 0) is 55.0 Å². The Bertz CT molecular complexity index is 828. The van der Waals surface area contributed by atoms with Crippen LogP contribution in [0.1, 0.15) is 43.0 Å². The second-order valence-electron chi connectivity index (χ2n) is 7.03. The third-order valence-electron chi connectivity index (χ3n) is 5.12. The molecule has 25 heavy (non-hydrogen) atoms. The minimum atomic E-state index is 0.278. The van der Waals surface area contributed by atoms with E-state index in [0.29, 0.717) is 6.04 Å². The van der Waals surface area contributed by atoms with Crippen molar-refractivity contribution in [1.29, 1.82) is 0 Å². The number of aromatic nitrogens is 1. The molecule has 0 saturated carbocycles. The first-order valence-corrected chi connectivity index (χ1v) is 9.97. The minimum absolute atomic E-state index is 0.278. The number of anilines is 1. The number of rotatable bonds is 5. The van der Waals surface area contributed by atoms with Gasteiger partial charge in [0.05, 0.1) is 16.3 Å². The predicted molar refractivity (Wildman–Crippen MR) is 107 cm³/mol.